The number of hydrogen-bond acceptors (Lipinski definition) is 2. The molecule has 0 radical (unpaired) electrons. The molecule has 0 aliphatic heterocycles. The molecule has 0 fully saturated rings. The van der Waals surface area contributed by atoms with Gasteiger partial charge in [-0.2, -0.15) is 0 Å². The Morgan fingerprint density at radius 1 is 1.57 bits per heavy atom. The molecule has 0 spiro atoms. The van der Waals surface area contributed by atoms with E-state index in [9.17, 15) is 4.79 Å². The van der Waals surface area contributed by atoms with E-state index in [2.05, 4.69) is 10.6 Å². The van der Waals surface area contributed by atoms with Gasteiger partial charge in [-0.3, -0.25) is 0 Å². The summed E-state index contributed by atoms with van der Waals surface area (Å²) in [5, 5.41) is 5.48. The molecule has 82 valence electrons. The number of urea groups is 1. The first-order valence-electron chi connectivity index (χ1n) is 4.70. The smallest absolute Gasteiger partial charge is 0.315 e. The topological polar surface area (TPSA) is 67.2 Å². The molecule has 14 heavy (non-hydrogen) atoms. The van der Waals surface area contributed by atoms with Gasteiger partial charge in [0.25, 0.3) is 0 Å². The third-order valence-electron chi connectivity index (χ3n) is 2.06. The second kappa shape index (κ2) is 5.14. The number of nitrogens with one attached hydrogen (secondary N) is 2. The lowest BCUT2D eigenvalue weighted by molar-refractivity contribution is 0.231. The lowest BCUT2D eigenvalue weighted by Gasteiger charge is -2.28. The highest BCUT2D eigenvalue weighted by Gasteiger charge is 2.27. The normalized spacial score (nSPS) is 14.6. The van der Waals surface area contributed by atoms with Gasteiger partial charge in [-0.1, -0.05) is 19.1 Å². The van der Waals surface area contributed by atoms with Crippen molar-refractivity contribution in [3.63, 3.8) is 0 Å². The number of amides is 2. The minimum Gasteiger partial charge on any atom is -0.391 e. The van der Waals surface area contributed by atoms with Gasteiger partial charge < -0.3 is 16.4 Å². The Morgan fingerprint density at radius 2 is 2.07 bits per heavy atom. The molecule has 0 aromatic carbocycles. The van der Waals surface area contributed by atoms with E-state index in [4.69, 9.17) is 18.0 Å². The first kappa shape index (κ1) is 13.2. The molecule has 4 N–H and O–H groups in total. The fourth-order valence-corrected chi connectivity index (χ4v) is 1.07. The second-order valence-electron chi connectivity index (χ2n) is 3.80. The third-order valence-corrected chi connectivity index (χ3v) is 2.51. The van der Waals surface area contributed by atoms with Gasteiger partial charge >= 0.3 is 6.03 Å². The minimum atomic E-state index is -0.603. The zero-order valence-electron chi connectivity index (χ0n) is 9.18. The quantitative estimate of drug-likeness (QED) is 0.619. The van der Waals surface area contributed by atoms with Crippen LogP contribution in [0.1, 0.15) is 34.1 Å². The van der Waals surface area contributed by atoms with Crippen LogP contribution in [0, 0.1) is 0 Å². The molecule has 0 saturated carbocycles. The Balaban J connectivity index is 4.32. The predicted molar refractivity (Wildman–Crippen MR) is 62.3 cm³/mol. The van der Waals surface area contributed by atoms with Crippen LogP contribution in [0.5, 0.6) is 0 Å². The van der Waals surface area contributed by atoms with Gasteiger partial charge in [0.05, 0.1) is 10.5 Å². The van der Waals surface area contributed by atoms with E-state index in [0.29, 0.717) is 11.4 Å². The average Bonchev–Trinajstić information content (AvgIpc) is 2.01. The molecule has 4 nitrogen and oxygen atoms in total. The van der Waals surface area contributed by atoms with Crippen molar-refractivity contribution >= 4 is 23.2 Å². The van der Waals surface area contributed by atoms with E-state index in [1.165, 1.54) is 0 Å². The summed E-state index contributed by atoms with van der Waals surface area (Å²) < 4.78 is 0. The third kappa shape index (κ3) is 3.91. The van der Waals surface area contributed by atoms with E-state index >= 15 is 0 Å². The van der Waals surface area contributed by atoms with Crippen molar-refractivity contribution in [2.24, 2.45) is 5.73 Å². The van der Waals surface area contributed by atoms with Crippen molar-refractivity contribution in [2.75, 3.05) is 0 Å². The zero-order valence-corrected chi connectivity index (χ0v) is 9.99. The molecule has 1 unspecified atom stereocenters. The summed E-state index contributed by atoms with van der Waals surface area (Å²) in [6, 6.07) is -0.139. The Bertz CT molecular complexity index is 230. The summed E-state index contributed by atoms with van der Waals surface area (Å²) in [6.45, 7) is 7.53. The Labute approximate surface area is 90.6 Å². The van der Waals surface area contributed by atoms with E-state index in [1.54, 1.807) is 0 Å². The van der Waals surface area contributed by atoms with Crippen LogP contribution in [-0.2, 0) is 0 Å². The van der Waals surface area contributed by atoms with Crippen molar-refractivity contribution < 1.29 is 4.79 Å². The fourth-order valence-electron chi connectivity index (χ4n) is 0.873. The molecular formula is C9H19N3OS. The highest BCUT2D eigenvalue weighted by Crippen LogP contribution is 2.08. The molecule has 0 heterocycles. The van der Waals surface area contributed by atoms with Crippen LogP contribution in [0.2, 0.25) is 0 Å². The van der Waals surface area contributed by atoms with E-state index in [1.807, 2.05) is 27.7 Å². The maximum atomic E-state index is 11.4. The van der Waals surface area contributed by atoms with E-state index in [-0.39, 0.29) is 12.1 Å². The highest BCUT2D eigenvalue weighted by atomic mass is 32.1. The summed E-state index contributed by atoms with van der Waals surface area (Å²) in [5.74, 6) is 0. The fraction of sp³-hybridized carbons (Fsp3) is 0.778. The lowest BCUT2D eigenvalue weighted by Crippen LogP contribution is -2.57. The molecular weight excluding hydrogens is 198 g/mol. The molecule has 2 amide bonds. The molecule has 1 atom stereocenters. The van der Waals surface area contributed by atoms with Crippen LogP contribution in [0.3, 0.4) is 0 Å². The summed E-state index contributed by atoms with van der Waals surface area (Å²) >= 11 is 4.90. The number of thiocarbonyl (C=S) groups is 1. The van der Waals surface area contributed by atoms with E-state index < -0.39 is 5.54 Å². The second-order valence-corrected chi connectivity index (χ2v) is 4.24. The summed E-state index contributed by atoms with van der Waals surface area (Å²) in [6.07, 6.45) is 0.674. The van der Waals surface area contributed by atoms with Crippen LogP contribution in [0.15, 0.2) is 0 Å². The number of rotatable bonds is 4. The Morgan fingerprint density at radius 3 is 2.36 bits per heavy atom. The van der Waals surface area contributed by atoms with Gasteiger partial charge in [-0.15, -0.1) is 0 Å². The first-order valence-corrected chi connectivity index (χ1v) is 5.11. The van der Waals surface area contributed by atoms with Gasteiger partial charge in [0.2, 0.25) is 0 Å². The van der Waals surface area contributed by atoms with Gasteiger partial charge in [-0.25, -0.2) is 4.79 Å². The van der Waals surface area contributed by atoms with Crippen LogP contribution < -0.4 is 16.4 Å². The van der Waals surface area contributed by atoms with Gasteiger partial charge in [-0.05, 0) is 27.2 Å². The molecule has 0 bridgehead atoms. The highest BCUT2D eigenvalue weighted by molar-refractivity contribution is 7.80. The zero-order chi connectivity index (χ0) is 11.4. The summed E-state index contributed by atoms with van der Waals surface area (Å²) in [4.78, 5) is 11.7. The van der Waals surface area contributed by atoms with Crippen molar-refractivity contribution in [1.29, 1.82) is 0 Å². The lowest BCUT2D eigenvalue weighted by atomic mass is 9.99. The van der Waals surface area contributed by atoms with Crippen LogP contribution in [0.4, 0.5) is 4.79 Å². The Hall–Kier alpha value is -0.840. The number of carbonyl (C=O) groups is 1. The summed E-state index contributed by atoms with van der Waals surface area (Å²) in [7, 11) is 0. The van der Waals surface area contributed by atoms with Crippen LogP contribution in [-0.4, -0.2) is 22.6 Å². The van der Waals surface area contributed by atoms with Gasteiger partial charge in [0.1, 0.15) is 0 Å². The molecule has 0 rings (SSSR count). The number of carbonyl (C=O) groups excluding carboxylic acids is 1. The van der Waals surface area contributed by atoms with E-state index in [0.717, 1.165) is 0 Å². The SMILES string of the molecule is CCC(C)(NC(=O)NC(C)C)C(N)=S. The monoisotopic (exact) mass is 217 g/mol. The molecule has 0 saturated heterocycles. The van der Waals surface area contributed by atoms with Crippen LogP contribution in [0.25, 0.3) is 0 Å². The molecule has 5 heteroatoms. The van der Waals surface area contributed by atoms with Crippen molar-refractivity contribution in [3.05, 3.63) is 0 Å². The maximum Gasteiger partial charge on any atom is 0.315 e. The first-order chi connectivity index (χ1) is 6.31. The van der Waals surface area contributed by atoms with Crippen LogP contribution >= 0.6 is 12.2 Å². The predicted octanol–water partition coefficient (Wildman–Crippen LogP) is 1.15. The average molecular weight is 217 g/mol. The molecule has 0 aromatic heterocycles. The molecule has 0 aliphatic rings. The van der Waals surface area contributed by atoms with Crippen molar-refractivity contribution in [3.8, 4) is 0 Å². The summed E-state index contributed by atoms with van der Waals surface area (Å²) in [5.41, 5.74) is 4.95. The van der Waals surface area contributed by atoms with Crippen molar-refractivity contribution in [2.45, 2.75) is 45.7 Å². The number of hydrogen-bond donors (Lipinski definition) is 3. The maximum absolute atomic E-state index is 11.4. The molecule has 0 aliphatic carbocycles. The standard InChI is InChI=1S/C9H19N3OS/c1-5-9(4,7(10)14)12-8(13)11-6(2)3/h6H,5H2,1-4H3,(H2,10,14)(H2,11,12,13). The minimum absolute atomic E-state index is 0.0995. The Kier molecular flexibility index (Phi) is 4.83. The van der Waals surface area contributed by atoms with Gasteiger partial charge in [0, 0.05) is 6.04 Å². The van der Waals surface area contributed by atoms with Crippen molar-refractivity contribution in [1.82, 2.24) is 10.6 Å². The molecule has 0 aromatic rings. The number of nitrogens with two attached hydrogens (primary N) is 1. The van der Waals surface area contributed by atoms with Gasteiger partial charge in [0.15, 0.2) is 0 Å². The largest absolute Gasteiger partial charge is 0.391 e.